The third kappa shape index (κ3) is 4.92. The molecule has 0 saturated carbocycles. The van der Waals surface area contributed by atoms with Gasteiger partial charge >= 0.3 is 0 Å². The minimum Gasteiger partial charge on any atom is -0.488 e. The van der Waals surface area contributed by atoms with Gasteiger partial charge in [-0.1, -0.05) is 70.2 Å². The molecule has 0 spiro atoms. The molecule has 3 aromatic carbocycles. The van der Waals surface area contributed by atoms with Gasteiger partial charge in [-0.25, -0.2) is 0 Å². The number of anilines is 1. The number of thioether (sulfide) groups is 1. The number of thiocarbonyl (C=S) groups is 1. The average molecular weight is 510 g/mol. The van der Waals surface area contributed by atoms with Crippen molar-refractivity contribution in [2.24, 2.45) is 0 Å². The topological polar surface area (TPSA) is 29.5 Å². The first kappa shape index (κ1) is 21.8. The number of carbonyl (C=O) groups excluding carboxylic acids is 1. The third-order valence-corrected chi connectivity index (χ3v) is 6.72. The largest absolute Gasteiger partial charge is 0.488 e. The Morgan fingerprint density at radius 3 is 2.32 bits per heavy atom. The number of hydrogen-bond acceptors (Lipinski definition) is 4. The van der Waals surface area contributed by atoms with E-state index in [9.17, 15) is 4.79 Å². The number of nitrogens with zero attached hydrogens (tertiary/aromatic N) is 1. The Kier molecular flexibility index (Phi) is 6.60. The molecule has 0 aromatic heterocycles. The van der Waals surface area contributed by atoms with E-state index in [1.165, 1.54) is 11.8 Å². The smallest absolute Gasteiger partial charge is 0.270 e. The predicted octanol–water partition coefficient (Wildman–Crippen LogP) is 7.05. The van der Waals surface area contributed by atoms with Gasteiger partial charge in [0, 0.05) is 4.47 Å². The van der Waals surface area contributed by atoms with E-state index in [4.69, 9.17) is 17.0 Å². The Labute approximate surface area is 200 Å². The molecule has 31 heavy (non-hydrogen) atoms. The predicted molar refractivity (Wildman–Crippen MR) is 136 cm³/mol. The first-order valence-electron chi connectivity index (χ1n) is 9.74. The summed E-state index contributed by atoms with van der Waals surface area (Å²) in [5.41, 5.74) is 4.91. The lowest BCUT2D eigenvalue weighted by Gasteiger charge is -2.14. The van der Waals surface area contributed by atoms with Crippen LogP contribution in [-0.4, -0.2) is 10.2 Å². The number of ether oxygens (including phenoxy) is 1. The number of hydrogen-bond donors (Lipinski definition) is 0. The Balaban J connectivity index is 1.54. The number of halogens is 1. The van der Waals surface area contributed by atoms with Crippen molar-refractivity contribution < 1.29 is 9.53 Å². The fourth-order valence-electron chi connectivity index (χ4n) is 3.45. The number of benzene rings is 3. The van der Waals surface area contributed by atoms with Crippen LogP contribution in [-0.2, 0) is 11.4 Å². The molecule has 0 atom stereocenters. The lowest BCUT2D eigenvalue weighted by molar-refractivity contribution is -0.113. The molecule has 1 aliphatic rings. The fourth-order valence-corrected chi connectivity index (χ4v) is 5.01. The van der Waals surface area contributed by atoms with Crippen LogP contribution in [0.4, 0.5) is 5.69 Å². The monoisotopic (exact) mass is 509 g/mol. The summed E-state index contributed by atoms with van der Waals surface area (Å²) in [7, 11) is 0. The standard InChI is InChI=1S/C25H20BrNO2S2/c1-16-12-19(13-17(2)23(16)29-15-18-8-10-20(26)11-9-18)14-22-24(28)27(25(30)31-22)21-6-4-3-5-7-21/h3-14H,15H2,1-2H3/b22-14+. The summed E-state index contributed by atoms with van der Waals surface area (Å²) in [5.74, 6) is 0.781. The molecule has 1 saturated heterocycles. The van der Waals surface area contributed by atoms with Gasteiger partial charge in [-0.3, -0.25) is 9.69 Å². The van der Waals surface area contributed by atoms with Crippen LogP contribution in [0.1, 0.15) is 22.3 Å². The van der Waals surface area contributed by atoms with Crippen LogP contribution in [0.2, 0.25) is 0 Å². The van der Waals surface area contributed by atoms with Crippen LogP contribution in [0.5, 0.6) is 5.75 Å². The van der Waals surface area contributed by atoms with Gasteiger partial charge in [-0.2, -0.15) is 0 Å². The number of rotatable bonds is 5. The van der Waals surface area contributed by atoms with E-state index in [-0.39, 0.29) is 5.91 Å². The Morgan fingerprint density at radius 2 is 1.68 bits per heavy atom. The second kappa shape index (κ2) is 9.39. The molecule has 3 nitrogen and oxygen atoms in total. The second-order valence-corrected chi connectivity index (χ2v) is 9.84. The first-order valence-corrected chi connectivity index (χ1v) is 11.8. The van der Waals surface area contributed by atoms with Gasteiger partial charge in [0.25, 0.3) is 5.91 Å². The van der Waals surface area contributed by atoms with Crippen molar-refractivity contribution in [1.29, 1.82) is 0 Å². The minimum atomic E-state index is -0.0907. The van der Waals surface area contributed by atoms with Crippen molar-refractivity contribution in [2.45, 2.75) is 20.5 Å². The molecule has 1 heterocycles. The van der Waals surface area contributed by atoms with Crippen LogP contribution in [0.25, 0.3) is 6.08 Å². The highest BCUT2D eigenvalue weighted by Crippen LogP contribution is 2.36. The van der Waals surface area contributed by atoms with Gasteiger partial charge in [-0.15, -0.1) is 0 Å². The van der Waals surface area contributed by atoms with Crippen LogP contribution in [0.3, 0.4) is 0 Å². The highest BCUT2D eigenvalue weighted by molar-refractivity contribution is 9.10. The summed E-state index contributed by atoms with van der Waals surface area (Å²) < 4.78 is 7.69. The lowest BCUT2D eigenvalue weighted by Crippen LogP contribution is -2.27. The summed E-state index contributed by atoms with van der Waals surface area (Å²) >= 11 is 10.2. The van der Waals surface area contributed by atoms with Crippen molar-refractivity contribution in [3.8, 4) is 5.75 Å². The molecule has 4 rings (SSSR count). The van der Waals surface area contributed by atoms with E-state index in [2.05, 4.69) is 15.9 Å². The van der Waals surface area contributed by atoms with Gasteiger partial charge in [0.15, 0.2) is 4.32 Å². The summed E-state index contributed by atoms with van der Waals surface area (Å²) in [5, 5.41) is 0. The van der Waals surface area contributed by atoms with Crippen LogP contribution < -0.4 is 9.64 Å². The van der Waals surface area contributed by atoms with Gasteiger partial charge in [0.2, 0.25) is 0 Å². The maximum atomic E-state index is 13.0. The zero-order valence-corrected chi connectivity index (χ0v) is 20.3. The summed E-state index contributed by atoms with van der Waals surface area (Å²) in [6.45, 7) is 4.55. The first-order chi connectivity index (χ1) is 14.9. The fraction of sp³-hybridized carbons (Fsp3) is 0.120. The second-order valence-electron chi connectivity index (χ2n) is 7.25. The normalized spacial score (nSPS) is 15.1. The zero-order chi connectivity index (χ0) is 22.0. The average Bonchev–Trinajstić information content (AvgIpc) is 3.02. The minimum absolute atomic E-state index is 0.0907. The zero-order valence-electron chi connectivity index (χ0n) is 17.1. The van der Waals surface area contributed by atoms with Crippen molar-refractivity contribution in [3.63, 3.8) is 0 Å². The van der Waals surface area contributed by atoms with E-state index >= 15 is 0 Å². The molecule has 156 valence electrons. The highest BCUT2D eigenvalue weighted by atomic mass is 79.9. The highest BCUT2D eigenvalue weighted by Gasteiger charge is 2.33. The molecule has 1 fully saturated rings. The molecular formula is C25H20BrNO2S2. The molecule has 6 heteroatoms. The summed E-state index contributed by atoms with van der Waals surface area (Å²) in [6, 6.07) is 21.7. The van der Waals surface area contributed by atoms with E-state index in [1.54, 1.807) is 4.90 Å². The maximum Gasteiger partial charge on any atom is 0.270 e. The molecule has 1 aliphatic heterocycles. The van der Waals surface area contributed by atoms with Crippen LogP contribution >= 0.6 is 39.9 Å². The number of aryl methyl sites for hydroxylation is 2. The summed E-state index contributed by atoms with van der Waals surface area (Å²) in [6.07, 6.45) is 1.90. The van der Waals surface area contributed by atoms with Crippen LogP contribution in [0.15, 0.2) is 76.1 Å². The molecular weight excluding hydrogens is 490 g/mol. The molecule has 3 aromatic rings. The SMILES string of the molecule is Cc1cc(/C=C2/SC(=S)N(c3ccccc3)C2=O)cc(C)c1OCc1ccc(Br)cc1. The number of amides is 1. The number of para-hydroxylation sites is 1. The van der Waals surface area contributed by atoms with Crippen molar-refractivity contribution in [3.05, 3.63) is 98.4 Å². The molecule has 1 amide bonds. The Hall–Kier alpha value is -2.41. The molecule has 0 N–H and O–H groups in total. The van der Waals surface area contributed by atoms with Gasteiger partial charge in [0.05, 0.1) is 10.6 Å². The number of carbonyl (C=O) groups is 1. The van der Waals surface area contributed by atoms with Crippen molar-refractivity contribution >= 4 is 61.9 Å². The van der Waals surface area contributed by atoms with Crippen molar-refractivity contribution in [1.82, 2.24) is 0 Å². The van der Waals surface area contributed by atoms with Gasteiger partial charge in [0.1, 0.15) is 12.4 Å². The Morgan fingerprint density at radius 1 is 1.03 bits per heavy atom. The summed E-state index contributed by atoms with van der Waals surface area (Å²) in [4.78, 5) is 15.2. The third-order valence-electron chi connectivity index (χ3n) is 4.88. The molecule has 0 bridgehead atoms. The maximum absolute atomic E-state index is 13.0. The molecule has 0 radical (unpaired) electrons. The molecule has 0 unspecified atom stereocenters. The van der Waals surface area contributed by atoms with E-state index in [0.29, 0.717) is 15.8 Å². The van der Waals surface area contributed by atoms with E-state index in [1.807, 2.05) is 86.7 Å². The molecule has 0 aliphatic carbocycles. The Bertz CT molecular complexity index is 1150. The van der Waals surface area contributed by atoms with E-state index in [0.717, 1.165) is 38.2 Å². The van der Waals surface area contributed by atoms with Crippen LogP contribution in [0, 0.1) is 13.8 Å². The van der Waals surface area contributed by atoms with Gasteiger partial charge in [-0.05, 0) is 78.6 Å². The van der Waals surface area contributed by atoms with E-state index < -0.39 is 0 Å². The van der Waals surface area contributed by atoms with Crippen molar-refractivity contribution in [2.75, 3.05) is 4.90 Å². The van der Waals surface area contributed by atoms with Gasteiger partial charge < -0.3 is 4.74 Å². The quantitative estimate of drug-likeness (QED) is 0.272. The lowest BCUT2D eigenvalue weighted by atomic mass is 10.0.